The maximum atomic E-state index is 6.41. The van der Waals surface area contributed by atoms with Gasteiger partial charge in [0.1, 0.15) is 0 Å². The summed E-state index contributed by atoms with van der Waals surface area (Å²) in [4.78, 5) is 5.26. The molecule has 3 nitrogen and oxygen atoms in total. The lowest BCUT2D eigenvalue weighted by molar-refractivity contribution is 0.0600. The van der Waals surface area contributed by atoms with Gasteiger partial charge in [-0.05, 0) is 50.5 Å². The second-order valence-corrected chi connectivity index (χ2v) is 7.48. The van der Waals surface area contributed by atoms with Gasteiger partial charge < -0.3 is 10.6 Å². The van der Waals surface area contributed by atoms with Crippen molar-refractivity contribution in [2.24, 2.45) is 23.5 Å². The lowest BCUT2D eigenvalue weighted by Gasteiger charge is -2.43. The Morgan fingerprint density at radius 2 is 1.95 bits per heavy atom. The van der Waals surface area contributed by atoms with Gasteiger partial charge >= 0.3 is 0 Å². The first-order valence-electron chi connectivity index (χ1n) is 8.73. The van der Waals surface area contributed by atoms with E-state index in [1.807, 2.05) is 0 Å². The van der Waals surface area contributed by atoms with Crippen LogP contribution in [-0.2, 0) is 0 Å². The summed E-state index contributed by atoms with van der Waals surface area (Å²) in [5.41, 5.74) is 6.41. The Morgan fingerprint density at radius 3 is 2.55 bits per heavy atom. The monoisotopic (exact) mass is 281 g/mol. The van der Waals surface area contributed by atoms with Gasteiger partial charge in [0, 0.05) is 38.3 Å². The van der Waals surface area contributed by atoms with Gasteiger partial charge in [-0.1, -0.05) is 20.8 Å². The van der Waals surface area contributed by atoms with E-state index >= 15 is 0 Å². The van der Waals surface area contributed by atoms with Crippen molar-refractivity contribution < 1.29 is 0 Å². The third-order valence-corrected chi connectivity index (χ3v) is 5.77. The van der Waals surface area contributed by atoms with E-state index in [2.05, 4.69) is 37.5 Å². The normalized spacial score (nSPS) is 37.5. The van der Waals surface area contributed by atoms with Crippen LogP contribution < -0.4 is 5.73 Å². The summed E-state index contributed by atoms with van der Waals surface area (Å²) in [5.74, 6) is 2.44. The lowest BCUT2D eigenvalue weighted by Crippen LogP contribution is -2.54. The van der Waals surface area contributed by atoms with Crippen LogP contribution in [0, 0.1) is 17.8 Å². The van der Waals surface area contributed by atoms with E-state index in [0.29, 0.717) is 12.1 Å². The molecule has 2 fully saturated rings. The Kier molecular flexibility index (Phi) is 5.88. The molecule has 0 amide bonds. The predicted molar refractivity (Wildman–Crippen MR) is 86.8 cm³/mol. The summed E-state index contributed by atoms with van der Waals surface area (Å²) in [6.45, 7) is 15.5. The molecule has 2 rings (SSSR count). The molecular formula is C17H35N3. The van der Waals surface area contributed by atoms with E-state index in [4.69, 9.17) is 5.73 Å². The zero-order valence-electron chi connectivity index (χ0n) is 14.0. The van der Waals surface area contributed by atoms with Crippen molar-refractivity contribution in [2.75, 3.05) is 32.7 Å². The highest BCUT2D eigenvalue weighted by Gasteiger charge is 2.32. The molecule has 118 valence electrons. The van der Waals surface area contributed by atoms with Crippen LogP contribution in [0.5, 0.6) is 0 Å². The van der Waals surface area contributed by atoms with Gasteiger partial charge in [-0.15, -0.1) is 0 Å². The van der Waals surface area contributed by atoms with E-state index in [1.54, 1.807) is 0 Å². The van der Waals surface area contributed by atoms with E-state index in [0.717, 1.165) is 17.8 Å². The molecule has 4 atom stereocenters. The summed E-state index contributed by atoms with van der Waals surface area (Å²) in [6, 6.07) is 1.14. The van der Waals surface area contributed by atoms with Crippen LogP contribution in [0.4, 0.5) is 0 Å². The molecule has 0 spiro atoms. The van der Waals surface area contributed by atoms with E-state index in [1.165, 1.54) is 52.0 Å². The summed E-state index contributed by atoms with van der Waals surface area (Å²) < 4.78 is 0. The second kappa shape index (κ2) is 7.24. The standard InChI is InChI=1S/C17H35N3/c1-5-20-9-8-19(11-14(20)4)12-16-10-15(13(2)3)6-7-17(16)18/h13-17H,5-12,18H2,1-4H3. The van der Waals surface area contributed by atoms with Crippen LogP contribution >= 0.6 is 0 Å². The first-order valence-corrected chi connectivity index (χ1v) is 8.73. The van der Waals surface area contributed by atoms with Crippen molar-refractivity contribution >= 4 is 0 Å². The average molecular weight is 281 g/mol. The number of piperazine rings is 1. The predicted octanol–water partition coefficient (Wildman–Crippen LogP) is 2.41. The Morgan fingerprint density at radius 1 is 1.20 bits per heavy atom. The SMILES string of the molecule is CCN1CCN(CC2CC(C(C)C)CCC2N)CC1C. The molecule has 1 aliphatic heterocycles. The minimum Gasteiger partial charge on any atom is -0.327 e. The molecule has 1 heterocycles. The topological polar surface area (TPSA) is 32.5 Å². The summed E-state index contributed by atoms with van der Waals surface area (Å²) in [6.07, 6.45) is 3.93. The number of rotatable bonds is 4. The van der Waals surface area contributed by atoms with Crippen molar-refractivity contribution in [1.29, 1.82) is 0 Å². The van der Waals surface area contributed by atoms with Gasteiger partial charge in [-0.25, -0.2) is 0 Å². The smallest absolute Gasteiger partial charge is 0.0195 e. The van der Waals surface area contributed by atoms with Gasteiger partial charge in [-0.3, -0.25) is 4.90 Å². The average Bonchev–Trinajstić information content (AvgIpc) is 2.41. The Labute approximate surface area is 125 Å². The number of likely N-dealkylation sites (N-methyl/N-ethyl adjacent to an activating group) is 1. The fourth-order valence-corrected chi connectivity index (χ4v) is 4.18. The number of nitrogens with two attached hydrogens (primary N) is 1. The molecule has 20 heavy (non-hydrogen) atoms. The molecular weight excluding hydrogens is 246 g/mol. The summed E-state index contributed by atoms with van der Waals surface area (Å²) >= 11 is 0. The fraction of sp³-hybridized carbons (Fsp3) is 1.00. The van der Waals surface area contributed by atoms with Crippen molar-refractivity contribution in [3.8, 4) is 0 Å². The first kappa shape index (κ1) is 16.3. The second-order valence-electron chi connectivity index (χ2n) is 7.48. The van der Waals surface area contributed by atoms with Crippen LogP contribution in [0.3, 0.4) is 0 Å². The van der Waals surface area contributed by atoms with Crippen LogP contribution in [-0.4, -0.2) is 54.6 Å². The Balaban J connectivity index is 1.85. The number of hydrogen-bond donors (Lipinski definition) is 1. The molecule has 0 aromatic heterocycles. The number of nitrogens with zero attached hydrogens (tertiary/aromatic N) is 2. The van der Waals surface area contributed by atoms with Crippen LogP contribution in [0.15, 0.2) is 0 Å². The van der Waals surface area contributed by atoms with Gasteiger partial charge in [-0.2, -0.15) is 0 Å². The van der Waals surface area contributed by atoms with E-state index in [-0.39, 0.29) is 0 Å². The highest BCUT2D eigenvalue weighted by molar-refractivity contribution is 4.87. The Bertz CT molecular complexity index is 292. The molecule has 4 unspecified atom stereocenters. The fourth-order valence-electron chi connectivity index (χ4n) is 4.18. The molecule has 2 N–H and O–H groups in total. The third kappa shape index (κ3) is 3.96. The molecule has 0 aromatic carbocycles. The Hall–Kier alpha value is -0.120. The molecule has 0 radical (unpaired) electrons. The zero-order valence-corrected chi connectivity index (χ0v) is 14.0. The van der Waals surface area contributed by atoms with E-state index in [9.17, 15) is 0 Å². The summed E-state index contributed by atoms with van der Waals surface area (Å²) in [5, 5.41) is 0. The minimum atomic E-state index is 0.435. The molecule has 2 aliphatic rings. The molecule has 1 aliphatic carbocycles. The molecule has 0 aromatic rings. The van der Waals surface area contributed by atoms with Gasteiger partial charge in [0.15, 0.2) is 0 Å². The lowest BCUT2D eigenvalue weighted by atomic mass is 9.73. The maximum absolute atomic E-state index is 6.41. The summed E-state index contributed by atoms with van der Waals surface area (Å²) in [7, 11) is 0. The first-order chi connectivity index (χ1) is 9.51. The zero-order chi connectivity index (χ0) is 14.7. The van der Waals surface area contributed by atoms with Crippen LogP contribution in [0.2, 0.25) is 0 Å². The quantitative estimate of drug-likeness (QED) is 0.859. The highest BCUT2D eigenvalue weighted by Crippen LogP contribution is 2.33. The van der Waals surface area contributed by atoms with Crippen molar-refractivity contribution in [2.45, 2.75) is 59.0 Å². The van der Waals surface area contributed by atoms with E-state index < -0.39 is 0 Å². The van der Waals surface area contributed by atoms with Crippen molar-refractivity contribution in [1.82, 2.24) is 9.80 Å². The highest BCUT2D eigenvalue weighted by atomic mass is 15.3. The van der Waals surface area contributed by atoms with Crippen LogP contribution in [0.25, 0.3) is 0 Å². The van der Waals surface area contributed by atoms with Crippen molar-refractivity contribution in [3.05, 3.63) is 0 Å². The molecule has 0 bridgehead atoms. The largest absolute Gasteiger partial charge is 0.327 e. The van der Waals surface area contributed by atoms with Crippen LogP contribution in [0.1, 0.15) is 47.0 Å². The number of hydrogen-bond acceptors (Lipinski definition) is 3. The molecule has 1 saturated carbocycles. The van der Waals surface area contributed by atoms with Gasteiger partial charge in [0.05, 0.1) is 0 Å². The maximum Gasteiger partial charge on any atom is 0.0195 e. The molecule has 1 saturated heterocycles. The van der Waals surface area contributed by atoms with Gasteiger partial charge in [0.2, 0.25) is 0 Å². The third-order valence-electron chi connectivity index (χ3n) is 5.77. The molecule has 3 heteroatoms. The van der Waals surface area contributed by atoms with Gasteiger partial charge in [0.25, 0.3) is 0 Å². The van der Waals surface area contributed by atoms with Crippen molar-refractivity contribution in [3.63, 3.8) is 0 Å². The minimum absolute atomic E-state index is 0.435.